The molecular formula is C27H31N5O3S. The van der Waals surface area contributed by atoms with Gasteiger partial charge in [-0.15, -0.1) is 0 Å². The Bertz CT molecular complexity index is 1350. The summed E-state index contributed by atoms with van der Waals surface area (Å²) in [4.78, 5) is 16.6. The van der Waals surface area contributed by atoms with E-state index >= 15 is 0 Å². The maximum absolute atomic E-state index is 12.9. The van der Waals surface area contributed by atoms with E-state index in [1.807, 2.05) is 36.4 Å². The Hall–Kier alpha value is -3.56. The molecule has 2 aromatic heterocycles. The van der Waals surface area contributed by atoms with Crippen molar-refractivity contribution in [2.45, 2.75) is 43.9 Å². The van der Waals surface area contributed by atoms with Gasteiger partial charge < -0.3 is 9.72 Å². The fourth-order valence-corrected chi connectivity index (χ4v) is 4.97. The molecule has 0 atom stereocenters. The zero-order chi connectivity index (χ0) is 25.4. The Kier molecular flexibility index (Phi) is 8.45. The number of aryl methyl sites for hydroxylation is 1. The highest BCUT2D eigenvalue weighted by molar-refractivity contribution is 7.89. The summed E-state index contributed by atoms with van der Waals surface area (Å²) in [5.74, 6) is 1.34. The molecule has 4 rings (SSSR count). The maximum atomic E-state index is 12.9. The Morgan fingerprint density at radius 1 is 0.972 bits per heavy atom. The molecule has 0 saturated carbocycles. The van der Waals surface area contributed by atoms with Gasteiger partial charge in [-0.05, 0) is 60.9 Å². The second kappa shape index (κ2) is 11.9. The van der Waals surface area contributed by atoms with Gasteiger partial charge in [-0.2, -0.15) is 0 Å². The summed E-state index contributed by atoms with van der Waals surface area (Å²) in [5, 5.41) is 0. The Balaban J connectivity index is 1.49. The van der Waals surface area contributed by atoms with Crippen LogP contribution in [0.3, 0.4) is 0 Å². The summed E-state index contributed by atoms with van der Waals surface area (Å²) in [5.41, 5.74) is 4.25. The molecule has 36 heavy (non-hydrogen) atoms. The summed E-state index contributed by atoms with van der Waals surface area (Å²) in [6.45, 7) is 2.39. The van der Waals surface area contributed by atoms with Crippen molar-refractivity contribution < 1.29 is 13.2 Å². The number of sulfonamides is 1. The zero-order valence-corrected chi connectivity index (χ0v) is 21.4. The summed E-state index contributed by atoms with van der Waals surface area (Å²) in [6.07, 6.45) is 7.95. The average Bonchev–Trinajstić information content (AvgIpc) is 3.34. The third-order valence-electron chi connectivity index (χ3n) is 5.94. The normalized spacial score (nSPS) is 11.5. The number of methoxy groups -OCH3 is 1. The van der Waals surface area contributed by atoms with Crippen molar-refractivity contribution >= 4 is 10.0 Å². The van der Waals surface area contributed by atoms with E-state index in [9.17, 15) is 8.42 Å². The number of benzene rings is 2. The highest BCUT2D eigenvalue weighted by Crippen LogP contribution is 2.27. The molecule has 0 aliphatic carbocycles. The first-order chi connectivity index (χ1) is 17.5. The van der Waals surface area contributed by atoms with Gasteiger partial charge in [-0.25, -0.2) is 28.1 Å². The summed E-state index contributed by atoms with van der Waals surface area (Å²) < 4.78 is 33.7. The number of ether oxygens (including phenoxy) is 1. The van der Waals surface area contributed by atoms with E-state index < -0.39 is 10.0 Å². The Morgan fingerprint density at radius 2 is 1.75 bits per heavy atom. The SMILES string of the molecule is CCCCCc1ccc(S(=O)(=O)NCCc2[nH]c(-c3ccncn3)nc2-c2ccc(OC)cc2)cc1. The van der Waals surface area contributed by atoms with E-state index in [0.717, 1.165) is 47.5 Å². The van der Waals surface area contributed by atoms with E-state index in [1.54, 1.807) is 31.5 Å². The molecular weight excluding hydrogens is 474 g/mol. The van der Waals surface area contributed by atoms with Crippen LogP contribution in [0.4, 0.5) is 0 Å². The molecule has 0 saturated heterocycles. The third-order valence-corrected chi connectivity index (χ3v) is 7.41. The molecule has 0 unspecified atom stereocenters. The van der Waals surface area contributed by atoms with Gasteiger partial charge in [0, 0.05) is 30.4 Å². The van der Waals surface area contributed by atoms with Crippen LogP contribution in [0.25, 0.3) is 22.8 Å². The summed E-state index contributed by atoms with van der Waals surface area (Å²) >= 11 is 0. The van der Waals surface area contributed by atoms with Gasteiger partial charge in [0.1, 0.15) is 17.8 Å². The predicted octanol–water partition coefficient (Wildman–Crippen LogP) is 4.80. The number of imidazole rings is 1. The van der Waals surface area contributed by atoms with Crippen LogP contribution >= 0.6 is 0 Å². The standard InChI is InChI=1S/C27H31N5O3S/c1-3-4-5-6-20-7-13-23(14-8-20)36(33,34)30-18-16-24-26(21-9-11-22(35-2)12-10-21)32-27(31-24)25-15-17-28-19-29-25/h7-15,17,19,30H,3-6,16,18H2,1-2H3,(H,31,32). The lowest BCUT2D eigenvalue weighted by Gasteiger charge is -2.08. The van der Waals surface area contributed by atoms with E-state index in [0.29, 0.717) is 17.9 Å². The van der Waals surface area contributed by atoms with Crippen molar-refractivity contribution in [3.05, 3.63) is 78.4 Å². The molecule has 9 heteroatoms. The van der Waals surface area contributed by atoms with Crippen LogP contribution in [0.15, 0.2) is 72.0 Å². The van der Waals surface area contributed by atoms with Crippen LogP contribution in [0.5, 0.6) is 5.75 Å². The average molecular weight is 506 g/mol. The quantitative estimate of drug-likeness (QED) is 0.268. The monoisotopic (exact) mass is 505 g/mol. The maximum Gasteiger partial charge on any atom is 0.240 e. The van der Waals surface area contributed by atoms with E-state index in [1.165, 1.54) is 12.7 Å². The van der Waals surface area contributed by atoms with Crippen molar-refractivity contribution in [1.82, 2.24) is 24.7 Å². The zero-order valence-electron chi connectivity index (χ0n) is 20.6. The van der Waals surface area contributed by atoms with Crippen LogP contribution < -0.4 is 9.46 Å². The third kappa shape index (κ3) is 6.35. The van der Waals surface area contributed by atoms with Gasteiger partial charge in [-0.1, -0.05) is 31.9 Å². The molecule has 188 valence electrons. The number of nitrogens with zero attached hydrogens (tertiary/aromatic N) is 3. The van der Waals surface area contributed by atoms with Crippen LogP contribution in [0.1, 0.15) is 37.4 Å². The molecule has 2 heterocycles. The minimum absolute atomic E-state index is 0.217. The summed E-state index contributed by atoms with van der Waals surface area (Å²) in [6, 6.07) is 16.5. The number of H-pyrrole nitrogens is 1. The number of nitrogens with one attached hydrogen (secondary N) is 2. The molecule has 8 nitrogen and oxygen atoms in total. The van der Waals surface area contributed by atoms with Gasteiger partial charge >= 0.3 is 0 Å². The van der Waals surface area contributed by atoms with Crippen molar-refractivity contribution in [3.63, 3.8) is 0 Å². The van der Waals surface area contributed by atoms with Gasteiger partial charge in [0.2, 0.25) is 10.0 Å². The molecule has 0 aliphatic heterocycles. The molecule has 4 aromatic rings. The Labute approximate surface area is 212 Å². The first-order valence-electron chi connectivity index (χ1n) is 12.1. The molecule has 0 fully saturated rings. The first kappa shape index (κ1) is 25.5. The van der Waals surface area contributed by atoms with Gasteiger partial charge in [0.05, 0.1) is 17.7 Å². The highest BCUT2D eigenvalue weighted by Gasteiger charge is 2.17. The minimum atomic E-state index is -3.63. The van der Waals surface area contributed by atoms with E-state index in [2.05, 4.69) is 26.6 Å². The number of aromatic nitrogens is 4. The van der Waals surface area contributed by atoms with E-state index in [4.69, 9.17) is 9.72 Å². The fraction of sp³-hybridized carbons (Fsp3) is 0.296. The van der Waals surface area contributed by atoms with Crippen LogP contribution in [0.2, 0.25) is 0 Å². The lowest BCUT2D eigenvalue weighted by molar-refractivity contribution is 0.415. The second-order valence-electron chi connectivity index (χ2n) is 8.48. The molecule has 0 amide bonds. The molecule has 2 aromatic carbocycles. The second-order valence-corrected chi connectivity index (χ2v) is 10.3. The van der Waals surface area contributed by atoms with Gasteiger partial charge in [0.15, 0.2) is 5.82 Å². The lowest BCUT2D eigenvalue weighted by atomic mass is 10.1. The van der Waals surface area contributed by atoms with Gasteiger partial charge in [-0.3, -0.25) is 0 Å². The first-order valence-corrected chi connectivity index (χ1v) is 13.6. The van der Waals surface area contributed by atoms with Crippen molar-refractivity contribution in [2.24, 2.45) is 0 Å². The van der Waals surface area contributed by atoms with Crippen LogP contribution in [-0.4, -0.2) is 42.0 Å². The molecule has 0 radical (unpaired) electrons. The van der Waals surface area contributed by atoms with Crippen molar-refractivity contribution in [2.75, 3.05) is 13.7 Å². The topological polar surface area (TPSA) is 110 Å². The van der Waals surface area contributed by atoms with Crippen molar-refractivity contribution in [3.8, 4) is 28.5 Å². The number of hydrogen-bond donors (Lipinski definition) is 2. The molecule has 2 N–H and O–H groups in total. The van der Waals surface area contributed by atoms with Crippen LogP contribution in [0, 0.1) is 0 Å². The lowest BCUT2D eigenvalue weighted by Crippen LogP contribution is -2.26. The largest absolute Gasteiger partial charge is 0.497 e. The van der Waals surface area contributed by atoms with Crippen molar-refractivity contribution in [1.29, 1.82) is 0 Å². The summed E-state index contributed by atoms with van der Waals surface area (Å²) in [7, 11) is -2.01. The highest BCUT2D eigenvalue weighted by atomic mass is 32.2. The fourth-order valence-electron chi connectivity index (χ4n) is 3.94. The number of aromatic amines is 1. The van der Waals surface area contributed by atoms with Gasteiger partial charge in [0.25, 0.3) is 0 Å². The number of unbranched alkanes of at least 4 members (excludes halogenated alkanes) is 2. The Morgan fingerprint density at radius 3 is 2.42 bits per heavy atom. The smallest absolute Gasteiger partial charge is 0.240 e. The molecule has 0 spiro atoms. The molecule has 0 bridgehead atoms. The predicted molar refractivity (Wildman–Crippen MR) is 140 cm³/mol. The minimum Gasteiger partial charge on any atom is -0.497 e. The number of rotatable bonds is 12. The van der Waals surface area contributed by atoms with E-state index in [-0.39, 0.29) is 11.4 Å². The van der Waals surface area contributed by atoms with Crippen LogP contribution in [-0.2, 0) is 22.9 Å². The number of hydrogen-bond acceptors (Lipinski definition) is 6. The molecule has 0 aliphatic rings.